The number of halogens is 5. The molecule has 0 saturated heterocycles. The number of hydrogen-bond donors (Lipinski definition) is 0. The lowest BCUT2D eigenvalue weighted by atomic mass is 10.1. The van der Waals surface area contributed by atoms with Crippen LogP contribution in [-0.2, 0) is 6.42 Å². The molecule has 0 amide bonds. The van der Waals surface area contributed by atoms with Crippen LogP contribution >= 0.6 is 0 Å². The minimum absolute atomic E-state index is 0.0881. The van der Waals surface area contributed by atoms with Gasteiger partial charge in [-0.1, -0.05) is 24.3 Å². The lowest BCUT2D eigenvalue weighted by Crippen LogP contribution is -2.38. The summed E-state index contributed by atoms with van der Waals surface area (Å²) in [6, 6.07) is 7.54. The third-order valence-electron chi connectivity index (χ3n) is 1.61. The highest BCUT2D eigenvalue weighted by molar-refractivity contribution is 5.15. The highest BCUT2D eigenvalue weighted by atomic mass is 19.4. The Kier molecular flexibility index (Phi) is 2.78. The van der Waals surface area contributed by atoms with E-state index in [4.69, 9.17) is 0 Å². The molecule has 0 aliphatic rings. The van der Waals surface area contributed by atoms with E-state index in [1.54, 1.807) is 0 Å². The predicted octanol–water partition coefficient (Wildman–Crippen LogP) is 3.23. The van der Waals surface area contributed by atoms with Crippen LogP contribution in [0.2, 0.25) is 0 Å². The fourth-order valence-corrected chi connectivity index (χ4v) is 0.897. The zero-order valence-corrected chi connectivity index (χ0v) is 6.91. The standard InChI is InChI=1S/C9H6F5/c10-8(11,9(12,13)14)6-7-4-2-1-3-5-7/h1-2,4-5H,6H2. The average molecular weight is 209 g/mol. The van der Waals surface area contributed by atoms with Crippen LogP contribution in [0.3, 0.4) is 0 Å². The maximum Gasteiger partial charge on any atom is 0.453 e. The lowest BCUT2D eigenvalue weighted by Gasteiger charge is -2.19. The topological polar surface area (TPSA) is 0 Å². The summed E-state index contributed by atoms with van der Waals surface area (Å²) in [4.78, 5) is 0. The van der Waals surface area contributed by atoms with Gasteiger partial charge in [-0.25, -0.2) is 0 Å². The molecule has 1 radical (unpaired) electrons. The molecule has 0 fully saturated rings. The van der Waals surface area contributed by atoms with Crippen LogP contribution < -0.4 is 0 Å². The molecule has 0 spiro atoms. The van der Waals surface area contributed by atoms with E-state index in [0.717, 1.165) is 6.07 Å². The number of alkyl halides is 5. The van der Waals surface area contributed by atoms with Crippen LogP contribution in [-0.4, -0.2) is 12.1 Å². The van der Waals surface area contributed by atoms with Gasteiger partial charge in [-0.15, -0.1) is 0 Å². The Morgan fingerprint density at radius 2 is 1.79 bits per heavy atom. The monoisotopic (exact) mass is 209 g/mol. The molecule has 0 aliphatic carbocycles. The first-order chi connectivity index (χ1) is 6.33. The molecule has 14 heavy (non-hydrogen) atoms. The van der Waals surface area contributed by atoms with E-state index in [2.05, 4.69) is 6.07 Å². The number of benzene rings is 1. The van der Waals surface area contributed by atoms with Crippen LogP contribution in [0.1, 0.15) is 5.56 Å². The highest BCUT2D eigenvalue weighted by Gasteiger charge is 2.56. The summed E-state index contributed by atoms with van der Waals surface area (Å²) >= 11 is 0. The van der Waals surface area contributed by atoms with Gasteiger partial charge in [-0.2, -0.15) is 22.0 Å². The third-order valence-corrected chi connectivity index (χ3v) is 1.61. The summed E-state index contributed by atoms with van der Waals surface area (Å²) in [6.45, 7) is 0. The van der Waals surface area contributed by atoms with Crippen molar-refractivity contribution >= 4 is 0 Å². The number of rotatable bonds is 2. The van der Waals surface area contributed by atoms with Crippen molar-refractivity contribution in [2.45, 2.75) is 18.5 Å². The average Bonchev–Trinajstić information content (AvgIpc) is 2.03. The summed E-state index contributed by atoms with van der Waals surface area (Å²) < 4.78 is 60.2. The molecule has 1 rings (SSSR count). The molecular formula is C9H6F5. The van der Waals surface area contributed by atoms with Crippen LogP contribution in [0.25, 0.3) is 0 Å². The first-order valence-electron chi connectivity index (χ1n) is 3.72. The Labute approximate surface area is 77.4 Å². The summed E-state index contributed by atoms with van der Waals surface area (Å²) in [5, 5.41) is 0. The first-order valence-corrected chi connectivity index (χ1v) is 3.72. The lowest BCUT2D eigenvalue weighted by molar-refractivity contribution is -0.281. The second kappa shape index (κ2) is 3.55. The van der Waals surface area contributed by atoms with Crippen molar-refractivity contribution in [3.8, 4) is 0 Å². The maximum absolute atomic E-state index is 12.5. The molecule has 1 aromatic rings. The van der Waals surface area contributed by atoms with E-state index in [1.165, 1.54) is 18.2 Å². The summed E-state index contributed by atoms with van der Waals surface area (Å²) in [5.74, 6) is -4.68. The van der Waals surface area contributed by atoms with Gasteiger partial charge in [-0.3, -0.25) is 0 Å². The van der Waals surface area contributed by atoms with E-state index >= 15 is 0 Å². The van der Waals surface area contributed by atoms with Crippen molar-refractivity contribution in [3.63, 3.8) is 0 Å². The van der Waals surface area contributed by atoms with E-state index < -0.39 is 18.5 Å². The molecule has 1 aromatic carbocycles. The molecule has 0 aliphatic heterocycles. The van der Waals surface area contributed by atoms with Gasteiger partial charge < -0.3 is 0 Å². The van der Waals surface area contributed by atoms with Gasteiger partial charge >= 0.3 is 12.1 Å². The normalized spacial score (nSPS) is 12.9. The predicted molar refractivity (Wildman–Crippen MR) is 40.0 cm³/mol. The Balaban J connectivity index is 2.79. The largest absolute Gasteiger partial charge is 0.453 e. The Morgan fingerprint density at radius 3 is 2.21 bits per heavy atom. The van der Waals surface area contributed by atoms with Crippen molar-refractivity contribution < 1.29 is 22.0 Å². The quantitative estimate of drug-likeness (QED) is 0.656. The fourth-order valence-electron chi connectivity index (χ4n) is 0.897. The van der Waals surface area contributed by atoms with Crippen molar-refractivity contribution in [1.29, 1.82) is 0 Å². The minimum Gasteiger partial charge on any atom is -0.196 e. The third kappa shape index (κ3) is 2.43. The second-order valence-corrected chi connectivity index (χ2v) is 2.79. The van der Waals surface area contributed by atoms with E-state index in [0.29, 0.717) is 0 Å². The molecule has 0 heterocycles. The van der Waals surface area contributed by atoms with E-state index in [1.807, 2.05) is 0 Å². The molecule has 0 unspecified atom stereocenters. The summed E-state index contributed by atoms with van der Waals surface area (Å²) in [6.07, 6.45) is -6.84. The minimum atomic E-state index is -5.50. The molecule has 77 valence electrons. The van der Waals surface area contributed by atoms with Gasteiger partial charge in [0.1, 0.15) is 0 Å². The van der Waals surface area contributed by atoms with Crippen LogP contribution in [0.15, 0.2) is 24.3 Å². The maximum atomic E-state index is 12.5. The second-order valence-electron chi connectivity index (χ2n) is 2.79. The van der Waals surface area contributed by atoms with Crippen molar-refractivity contribution in [2.75, 3.05) is 0 Å². The smallest absolute Gasteiger partial charge is 0.196 e. The fraction of sp³-hybridized carbons (Fsp3) is 0.333. The van der Waals surface area contributed by atoms with Crippen LogP contribution in [0.5, 0.6) is 0 Å². The zero-order valence-electron chi connectivity index (χ0n) is 6.91. The Hall–Kier alpha value is -1.13. The van der Waals surface area contributed by atoms with Gasteiger partial charge in [0.2, 0.25) is 0 Å². The number of hydrogen-bond acceptors (Lipinski definition) is 0. The molecule has 0 aromatic heterocycles. The molecular weight excluding hydrogens is 203 g/mol. The summed E-state index contributed by atoms with van der Waals surface area (Å²) in [5.41, 5.74) is -0.0881. The van der Waals surface area contributed by atoms with Crippen molar-refractivity contribution in [2.24, 2.45) is 0 Å². The molecule has 0 bridgehead atoms. The Bertz CT molecular complexity index is 288. The molecule has 0 atom stereocenters. The Morgan fingerprint density at radius 1 is 1.14 bits per heavy atom. The van der Waals surface area contributed by atoms with Gasteiger partial charge in [0.05, 0.1) is 0 Å². The van der Waals surface area contributed by atoms with Crippen LogP contribution in [0.4, 0.5) is 22.0 Å². The van der Waals surface area contributed by atoms with Gasteiger partial charge in [0.15, 0.2) is 0 Å². The van der Waals surface area contributed by atoms with Gasteiger partial charge in [0.25, 0.3) is 0 Å². The molecule has 0 saturated carbocycles. The van der Waals surface area contributed by atoms with Crippen molar-refractivity contribution in [1.82, 2.24) is 0 Å². The molecule has 0 nitrogen and oxygen atoms in total. The SMILES string of the molecule is FC(F)(F)C(F)(F)Cc1c[c]ccc1. The van der Waals surface area contributed by atoms with E-state index in [-0.39, 0.29) is 5.56 Å². The van der Waals surface area contributed by atoms with Gasteiger partial charge in [0, 0.05) is 6.42 Å². The van der Waals surface area contributed by atoms with E-state index in [9.17, 15) is 22.0 Å². The van der Waals surface area contributed by atoms with Gasteiger partial charge in [-0.05, 0) is 11.6 Å². The molecule has 0 N–H and O–H groups in total. The molecule has 5 heteroatoms. The van der Waals surface area contributed by atoms with Crippen molar-refractivity contribution in [3.05, 3.63) is 35.9 Å². The first kappa shape index (κ1) is 10.9. The summed E-state index contributed by atoms with van der Waals surface area (Å²) in [7, 11) is 0. The highest BCUT2D eigenvalue weighted by Crippen LogP contribution is 2.37. The van der Waals surface area contributed by atoms with Crippen LogP contribution in [0, 0.1) is 6.07 Å². The zero-order chi connectivity index (χ0) is 10.8.